The summed E-state index contributed by atoms with van der Waals surface area (Å²) < 4.78 is 0. The predicted octanol–water partition coefficient (Wildman–Crippen LogP) is 1.29. The first-order valence-electron chi connectivity index (χ1n) is 4.16. The van der Waals surface area contributed by atoms with Crippen molar-refractivity contribution in [2.75, 3.05) is 0 Å². The van der Waals surface area contributed by atoms with Crippen LogP contribution in [0.3, 0.4) is 0 Å². The van der Waals surface area contributed by atoms with Crippen LogP contribution in [0.15, 0.2) is 11.8 Å². The van der Waals surface area contributed by atoms with E-state index in [1.807, 2.05) is 6.92 Å². The van der Waals surface area contributed by atoms with Crippen LogP contribution in [0.25, 0.3) is 0 Å². The molecular weight excluding hydrogens is 168 g/mol. The number of aryl methyl sites for hydroxylation is 2. The molecule has 1 aromatic rings. The lowest BCUT2D eigenvalue weighted by molar-refractivity contribution is 0.102. The van der Waals surface area contributed by atoms with Crippen molar-refractivity contribution in [1.82, 2.24) is 10.2 Å². The summed E-state index contributed by atoms with van der Waals surface area (Å²) in [5.41, 5.74) is 2.69. The number of nitrogens with zero attached hydrogens (tertiary/aromatic N) is 1. The first-order valence-corrected chi connectivity index (χ1v) is 4.16. The molecule has 0 fully saturated rings. The van der Waals surface area contributed by atoms with Crippen molar-refractivity contribution >= 4 is 5.78 Å². The van der Waals surface area contributed by atoms with Gasteiger partial charge in [-0.05, 0) is 19.8 Å². The Hall–Kier alpha value is -1.58. The minimum absolute atomic E-state index is 0.102. The standard InChI is InChI=1S/C9H10N2O2/c1-5-8-7(11-10-5)3-2-6(4-12)9(8)13/h4,12H,2-3H2,1H3,(H,10,11). The Balaban J connectivity index is 2.55. The van der Waals surface area contributed by atoms with Crippen molar-refractivity contribution in [3.63, 3.8) is 0 Å². The smallest absolute Gasteiger partial charge is 0.195 e. The number of hydrogen-bond acceptors (Lipinski definition) is 3. The number of rotatable bonds is 0. The number of H-pyrrole nitrogens is 1. The minimum atomic E-state index is -0.102. The van der Waals surface area contributed by atoms with Crippen molar-refractivity contribution < 1.29 is 9.90 Å². The van der Waals surface area contributed by atoms with Gasteiger partial charge in [0, 0.05) is 11.3 Å². The summed E-state index contributed by atoms with van der Waals surface area (Å²) in [5, 5.41) is 15.6. The number of allylic oxidation sites excluding steroid dienone is 1. The van der Waals surface area contributed by atoms with E-state index in [0.29, 0.717) is 17.6 Å². The lowest BCUT2D eigenvalue weighted by Gasteiger charge is -2.11. The molecule has 0 unspecified atom stereocenters. The van der Waals surface area contributed by atoms with Crippen LogP contribution >= 0.6 is 0 Å². The molecule has 0 aliphatic heterocycles. The van der Waals surface area contributed by atoms with Crippen LogP contribution < -0.4 is 0 Å². The first kappa shape index (κ1) is 8.04. The van der Waals surface area contributed by atoms with Gasteiger partial charge in [0.25, 0.3) is 0 Å². The van der Waals surface area contributed by atoms with E-state index in [9.17, 15) is 4.79 Å². The van der Waals surface area contributed by atoms with Crippen molar-refractivity contribution in [2.24, 2.45) is 0 Å². The molecule has 13 heavy (non-hydrogen) atoms. The highest BCUT2D eigenvalue weighted by Crippen LogP contribution is 2.24. The number of aromatic amines is 1. The molecule has 2 rings (SSSR count). The van der Waals surface area contributed by atoms with Gasteiger partial charge in [-0.1, -0.05) is 0 Å². The van der Waals surface area contributed by atoms with E-state index in [4.69, 9.17) is 5.11 Å². The number of ketones is 1. The Labute approximate surface area is 75.3 Å². The summed E-state index contributed by atoms with van der Waals surface area (Å²) in [5.74, 6) is -0.102. The zero-order valence-electron chi connectivity index (χ0n) is 7.29. The second-order valence-corrected chi connectivity index (χ2v) is 3.15. The van der Waals surface area contributed by atoms with Gasteiger partial charge in [-0.25, -0.2) is 0 Å². The van der Waals surface area contributed by atoms with Crippen molar-refractivity contribution in [3.8, 4) is 0 Å². The maximum absolute atomic E-state index is 11.6. The first-order chi connectivity index (χ1) is 6.24. The molecule has 0 bridgehead atoms. The third kappa shape index (κ3) is 1.06. The fourth-order valence-electron chi connectivity index (χ4n) is 1.61. The van der Waals surface area contributed by atoms with Gasteiger partial charge in [0.1, 0.15) is 0 Å². The average molecular weight is 178 g/mol. The van der Waals surface area contributed by atoms with Gasteiger partial charge in [-0.3, -0.25) is 9.89 Å². The largest absolute Gasteiger partial charge is 0.515 e. The number of aromatic nitrogens is 2. The zero-order chi connectivity index (χ0) is 9.42. The molecule has 68 valence electrons. The number of carbonyl (C=O) groups excluding carboxylic acids is 1. The number of carbonyl (C=O) groups is 1. The van der Waals surface area contributed by atoms with Gasteiger partial charge in [0.15, 0.2) is 5.78 Å². The molecule has 0 saturated carbocycles. The predicted molar refractivity (Wildman–Crippen MR) is 46.7 cm³/mol. The number of hydrogen-bond donors (Lipinski definition) is 2. The van der Waals surface area contributed by atoms with E-state index in [-0.39, 0.29) is 5.78 Å². The normalized spacial score (nSPS) is 19.2. The zero-order valence-corrected chi connectivity index (χ0v) is 7.29. The minimum Gasteiger partial charge on any atom is -0.515 e. The second-order valence-electron chi connectivity index (χ2n) is 3.15. The molecule has 1 aromatic heterocycles. The third-order valence-electron chi connectivity index (χ3n) is 2.33. The van der Waals surface area contributed by atoms with Crippen LogP contribution in [-0.4, -0.2) is 21.1 Å². The molecule has 4 heteroatoms. The molecule has 0 atom stereocenters. The topological polar surface area (TPSA) is 66.0 Å². The highest BCUT2D eigenvalue weighted by molar-refractivity contribution is 6.10. The summed E-state index contributed by atoms with van der Waals surface area (Å²) >= 11 is 0. The fourth-order valence-corrected chi connectivity index (χ4v) is 1.61. The molecule has 0 amide bonds. The molecule has 4 nitrogen and oxygen atoms in total. The van der Waals surface area contributed by atoms with E-state index in [0.717, 1.165) is 24.1 Å². The van der Waals surface area contributed by atoms with Gasteiger partial charge in [0.2, 0.25) is 0 Å². The second kappa shape index (κ2) is 2.73. The van der Waals surface area contributed by atoms with E-state index in [2.05, 4.69) is 10.2 Å². The molecule has 0 aromatic carbocycles. The van der Waals surface area contributed by atoms with Gasteiger partial charge in [0.05, 0.1) is 17.5 Å². The molecule has 1 aliphatic carbocycles. The molecule has 2 N–H and O–H groups in total. The Morgan fingerprint density at radius 1 is 1.54 bits per heavy atom. The third-order valence-corrected chi connectivity index (χ3v) is 2.33. The Bertz CT molecular complexity index is 390. The Kier molecular flexibility index (Phi) is 1.69. The molecule has 0 spiro atoms. The summed E-state index contributed by atoms with van der Waals surface area (Å²) in [6, 6.07) is 0. The van der Waals surface area contributed by atoms with E-state index < -0.39 is 0 Å². The number of nitrogens with one attached hydrogen (secondary N) is 1. The van der Waals surface area contributed by atoms with Crippen LogP contribution in [0.2, 0.25) is 0 Å². The fraction of sp³-hybridized carbons (Fsp3) is 0.333. The average Bonchev–Trinajstić information content (AvgIpc) is 2.49. The summed E-state index contributed by atoms with van der Waals surface area (Å²) in [7, 11) is 0. The van der Waals surface area contributed by atoms with Crippen molar-refractivity contribution in [2.45, 2.75) is 19.8 Å². The van der Waals surface area contributed by atoms with Gasteiger partial charge in [-0.2, -0.15) is 5.10 Å². The lowest BCUT2D eigenvalue weighted by Crippen LogP contribution is -2.13. The lowest BCUT2D eigenvalue weighted by atomic mass is 9.91. The number of aliphatic hydroxyl groups excluding tert-OH is 1. The molecular formula is C9H10N2O2. The van der Waals surface area contributed by atoms with Crippen LogP contribution in [0, 0.1) is 6.92 Å². The molecule has 0 radical (unpaired) electrons. The van der Waals surface area contributed by atoms with E-state index >= 15 is 0 Å². The van der Waals surface area contributed by atoms with Crippen molar-refractivity contribution in [1.29, 1.82) is 0 Å². The SMILES string of the molecule is Cc1[nH]nc2c1C(=O)C(=CO)CC2. The number of fused-ring (bicyclic) bond motifs is 1. The van der Waals surface area contributed by atoms with Crippen LogP contribution in [0.1, 0.15) is 28.2 Å². The monoisotopic (exact) mass is 178 g/mol. The summed E-state index contributed by atoms with van der Waals surface area (Å²) in [6.07, 6.45) is 2.20. The van der Waals surface area contributed by atoms with Crippen LogP contribution in [0.5, 0.6) is 0 Å². The van der Waals surface area contributed by atoms with Crippen molar-refractivity contribution in [3.05, 3.63) is 28.8 Å². The quantitative estimate of drug-likeness (QED) is 0.464. The van der Waals surface area contributed by atoms with Gasteiger partial charge >= 0.3 is 0 Å². The van der Waals surface area contributed by atoms with Gasteiger partial charge in [-0.15, -0.1) is 0 Å². The van der Waals surface area contributed by atoms with E-state index in [1.165, 1.54) is 0 Å². The number of aliphatic hydroxyl groups is 1. The number of Topliss-reactive ketones (excluding diaryl/α,β-unsaturated/α-hetero) is 1. The highest BCUT2D eigenvalue weighted by atomic mass is 16.2. The maximum Gasteiger partial charge on any atom is 0.195 e. The summed E-state index contributed by atoms with van der Waals surface area (Å²) in [6.45, 7) is 1.81. The summed E-state index contributed by atoms with van der Waals surface area (Å²) in [4.78, 5) is 11.6. The van der Waals surface area contributed by atoms with Crippen LogP contribution in [-0.2, 0) is 6.42 Å². The van der Waals surface area contributed by atoms with Crippen LogP contribution in [0.4, 0.5) is 0 Å². The van der Waals surface area contributed by atoms with E-state index in [1.54, 1.807) is 0 Å². The van der Waals surface area contributed by atoms with Gasteiger partial charge < -0.3 is 5.11 Å². The highest BCUT2D eigenvalue weighted by Gasteiger charge is 2.26. The molecule has 1 heterocycles. The molecule has 0 saturated heterocycles. The Morgan fingerprint density at radius 2 is 2.31 bits per heavy atom. The maximum atomic E-state index is 11.6. The Morgan fingerprint density at radius 3 is 3.00 bits per heavy atom. The molecule has 1 aliphatic rings.